The Labute approximate surface area is 113 Å². The van der Waals surface area contributed by atoms with Crippen LogP contribution in [0.1, 0.15) is 18.1 Å². The first-order chi connectivity index (χ1) is 8.85. The van der Waals surface area contributed by atoms with Crippen molar-refractivity contribution >= 4 is 20.9 Å². The van der Waals surface area contributed by atoms with Gasteiger partial charge in [-0.1, -0.05) is 6.07 Å². The highest BCUT2D eigenvalue weighted by Crippen LogP contribution is 2.21. The lowest BCUT2D eigenvalue weighted by Crippen LogP contribution is -2.21. The van der Waals surface area contributed by atoms with Gasteiger partial charge in [-0.05, 0) is 36.6 Å². The normalized spacial score (nSPS) is 13.8. The van der Waals surface area contributed by atoms with Crippen molar-refractivity contribution in [2.75, 3.05) is 6.26 Å². The van der Waals surface area contributed by atoms with Crippen molar-refractivity contribution in [3.63, 3.8) is 0 Å². The smallest absolute Gasteiger partial charge is 0.209 e. The molecular formula is C13H19N3O2S. The van der Waals surface area contributed by atoms with E-state index in [0.29, 0.717) is 6.54 Å². The maximum absolute atomic E-state index is 11.1. The van der Waals surface area contributed by atoms with Gasteiger partial charge in [-0.15, -0.1) is 0 Å². The van der Waals surface area contributed by atoms with Crippen LogP contribution < -0.4 is 10.5 Å². The van der Waals surface area contributed by atoms with E-state index in [1.54, 1.807) is 0 Å². The molecule has 0 radical (unpaired) electrons. The summed E-state index contributed by atoms with van der Waals surface area (Å²) in [5.41, 5.74) is 8.96. The van der Waals surface area contributed by atoms with Crippen LogP contribution in [0.5, 0.6) is 0 Å². The van der Waals surface area contributed by atoms with Crippen molar-refractivity contribution in [1.29, 1.82) is 0 Å². The number of aromatic amines is 1. The minimum Gasteiger partial charge on any atom is -0.361 e. The molecule has 19 heavy (non-hydrogen) atoms. The molecule has 1 unspecified atom stereocenters. The molecule has 1 heterocycles. The number of nitrogens with one attached hydrogen (secondary N) is 2. The molecule has 1 atom stereocenters. The minimum absolute atomic E-state index is 0.0943. The Balaban J connectivity index is 2.27. The average molecular weight is 281 g/mol. The number of hydrogen-bond donors (Lipinski definition) is 3. The second kappa shape index (κ2) is 5.32. The van der Waals surface area contributed by atoms with Crippen molar-refractivity contribution in [3.05, 3.63) is 35.5 Å². The van der Waals surface area contributed by atoms with Crippen molar-refractivity contribution < 1.29 is 8.42 Å². The van der Waals surface area contributed by atoms with Gasteiger partial charge in [0.05, 0.1) is 6.26 Å². The molecule has 2 aromatic rings. The summed E-state index contributed by atoms with van der Waals surface area (Å²) >= 11 is 0. The lowest BCUT2D eigenvalue weighted by atomic mass is 10.0. The third kappa shape index (κ3) is 3.79. The molecule has 0 spiro atoms. The summed E-state index contributed by atoms with van der Waals surface area (Å²) in [5, 5.41) is 1.10. The first-order valence-corrected chi connectivity index (χ1v) is 8.03. The summed E-state index contributed by atoms with van der Waals surface area (Å²) in [6, 6.07) is 5.96. The fraction of sp³-hybridized carbons (Fsp3) is 0.385. The first-order valence-electron chi connectivity index (χ1n) is 6.14. The molecule has 0 aliphatic carbocycles. The lowest BCUT2D eigenvalue weighted by Gasteiger charge is -2.06. The molecule has 0 aliphatic rings. The Morgan fingerprint density at radius 2 is 2.16 bits per heavy atom. The van der Waals surface area contributed by atoms with Crippen LogP contribution in [0.25, 0.3) is 10.9 Å². The van der Waals surface area contributed by atoms with Gasteiger partial charge in [-0.25, -0.2) is 13.1 Å². The number of hydrogen-bond acceptors (Lipinski definition) is 3. The maximum atomic E-state index is 11.1. The van der Waals surface area contributed by atoms with E-state index in [-0.39, 0.29) is 6.04 Å². The topological polar surface area (TPSA) is 88.0 Å². The van der Waals surface area contributed by atoms with Gasteiger partial charge in [-0.3, -0.25) is 0 Å². The predicted octanol–water partition coefficient (Wildman–Crippen LogP) is 1.11. The van der Waals surface area contributed by atoms with E-state index in [1.165, 1.54) is 0 Å². The fourth-order valence-corrected chi connectivity index (χ4v) is 2.49. The Kier molecular flexibility index (Phi) is 3.93. The maximum Gasteiger partial charge on any atom is 0.209 e. The zero-order valence-electron chi connectivity index (χ0n) is 11.1. The number of sulfonamides is 1. The second-order valence-corrected chi connectivity index (χ2v) is 6.80. The van der Waals surface area contributed by atoms with E-state index in [1.807, 2.05) is 31.3 Å². The molecule has 0 bridgehead atoms. The molecule has 6 heteroatoms. The number of rotatable bonds is 5. The zero-order valence-corrected chi connectivity index (χ0v) is 11.9. The molecule has 2 rings (SSSR count). The lowest BCUT2D eigenvalue weighted by molar-refractivity contribution is 0.587. The highest BCUT2D eigenvalue weighted by Gasteiger charge is 2.07. The quantitative estimate of drug-likeness (QED) is 0.767. The van der Waals surface area contributed by atoms with E-state index >= 15 is 0 Å². The van der Waals surface area contributed by atoms with Gasteiger partial charge < -0.3 is 10.7 Å². The highest BCUT2D eigenvalue weighted by atomic mass is 32.2. The number of benzene rings is 1. The first kappa shape index (κ1) is 14.0. The third-order valence-electron chi connectivity index (χ3n) is 2.91. The van der Waals surface area contributed by atoms with Crippen molar-refractivity contribution in [3.8, 4) is 0 Å². The molecule has 0 saturated carbocycles. The van der Waals surface area contributed by atoms with Crippen molar-refractivity contribution in [2.24, 2.45) is 5.73 Å². The Hall–Kier alpha value is -1.37. The van der Waals surface area contributed by atoms with Crippen LogP contribution >= 0.6 is 0 Å². The van der Waals surface area contributed by atoms with E-state index in [0.717, 1.165) is 34.7 Å². The Bertz CT molecular complexity index is 674. The van der Waals surface area contributed by atoms with Crippen LogP contribution in [0.2, 0.25) is 0 Å². The highest BCUT2D eigenvalue weighted by molar-refractivity contribution is 7.88. The minimum atomic E-state index is -3.17. The van der Waals surface area contributed by atoms with Crippen molar-refractivity contribution in [1.82, 2.24) is 9.71 Å². The number of nitrogens with two attached hydrogens (primary N) is 1. The average Bonchev–Trinajstić information content (AvgIpc) is 2.68. The molecule has 104 valence electrons. The van der Waals surface area contributed by atoms with Gasteiger partial charge in [0.15, 0.2) is 0 Å². The SMILES string of the molecule is CC(N)Cc1c[nH]c2ccc(CNS(C)(=O)=O)cc12. The monoisotopic (exact) mass is 281 g/mol. The van der Waals surface area contributed by atoms with Crippen LogP contribution in [0, 0.1) is 0 Å². The molecule has 1 aromatic heterocycles. The fourth-order valence-electron chi connectivity index (χ4n) is 2.07. The third-order valence-corrected chi connectivity index (χ3v) is 3.58. The number of aromatic nitrogens is 1. The van der Waals surface area contributed by atoms with Gasteiger partial charge in [0.1, 0.15) is 0 Å². The van der Waals surface area contributed by atoms with Gasteiger partial charge in [0, 0.05) is 29.7 Å². The molecule has 0 amide bonds. The van der Waals surface area contributed by atoms with Gasteiger partial charge in [-0.2, -0.15) is 0 Å². The van der Waals surface area contributed by atoms with Crippen LogP contribution in [0.15, 0.2) is 24.4 Å². The standard InChI is InChI=1S/C13H19N3O2S/c1-9(14)5-11-8-15-13-4-3-10(6-12(11)13)7-16-19(2,17)18/h3-4,6,8-9,15-16H,5,7,14H2,1-2H3. The van der Waals surface area contributed by atoms with E-state index in [4.69, 9.17) is 5.73 Å². The molecule has 1 aromatic carbocycles. The van der Waals surface area contributed by atoms with Crippen LogP contribution in [-0.4, -0.2) is 25.7 Å². The zero-order chi connectivity index (χ0) is 14.0. The number of fused-ring (bicyclic) bond motifs is 1. The molecule has 4 N–H and O–H groups in total. The molecule has 0 saturated heterocycles. The number of H-pyrrole nitrogens is 1. The van der Waals surface area contributed by atoms with Crippen molar-refractivity contribution in [2.45, 2.75) is 25.9 Å². The largest absolute Gasteiger partial charge is 0.361 e. The predicted molar refractivity (Wildman–Crippen MR) is 77.3 cm³/mol. The van der Waals surface area contributed by atoms with Gasteiger partial charge in [0.2, 0.25) is 10.0 Å². The van der Waals surface area contributed by atoms with Crippen LogP contribution in [0.4, 0.5) is 0 Å². The summed E-state index contributed by atoms with van der Waals surface area (Å²) in [7, 11) is -3.17. The van der Waals surface area contributed by atoms with Crippen LogP contribution in [0.3, 0.4) is 0 Å². The molecule has 5 nitrogen and oxygen atoms in total. The summed E-state index contributed by atoms with van der Waals surface area (Å²) in [6.45, 7) is 2.27. The second-order valence-electron chi connectivity index (χ2n) is 4.97. The van der Waals surface area contributed by atoms with Gasteiger partial charge in [0.25, 0.3) is 0 Å². The molecular weight excluding hydrogens is 262 g/mol. The summed E-state index contributed by atoms with van der Waals surface area (Å²) in [6.07, 6.45) is 3.91. The summed E-state index contributed by atoms with van der Waals surface area (Å²) in [4.78, 5) is 3.20. The van der Waals surface area contributed by atoms with E-state index < -0.39 is 10.0 Å². The summed E-state index contributed by atoms with van der Waals surface area (Å²) < 4.78 is 24.7. The Morgan fingerprint density at radius 3 is 2.79 bits per heavy atom. The van der Waals surface area contributed by atoms with E-state index in [9.17, 15) is 8.42 Å². The van der Waals surface area contributed by atoms with E-state index in [2.05, 4.69) is 9.71 Å². The molecule has 0 aliphatic heterocycles. The Morgan fingerprint density at radius 1 is 1.42 bits per heavy atom. The van der Waals surface area contributed by atoms with Crippen LogP contribution in [-0.2, 0) is 23.0 Å². The summed E-state index contributed by atoms with van der Waals surface area (Å²) in [5.74, 6) is 0. The van der Waals surface area contributed by atoms with Gasteiger partial charge >= 0.3 is 0 Å². The molecule has 0 fully saturated rings.